The minimum atomic E-state index is -1.06. The summed E-state index contributed by atoms with van der Waals surface area (Å²) in [4.78, 5) is 11.3. The van der Waals surface area contributed by atoms with Crippen molar-refractivity contribution in [2.75, 3.05) is 0 Å². The second-order valence-electron chi connectivity index (χ2n) is 6.12. The number of benzene rings is 2. The third-order valence-corrected chi connectivity index (χ3v) is 4.72. The van der Waals surface area contributed by atoms with Gasteiger partial charge in [0.25, 0.3) is 0 Å². The number of fused-ring (bicyclic) bond motifs is 1. The first-order valence-corrected chi connectivity index (χ1v) is 7.91. The van der Waals surface area contributed by atoms with Crippen LogP contribution in [0, 0.1) is 5.82 Å². The zero-order chi connectivity index (χ0) is 17.4. The summed E-state index contributed by atoms with van der Waals surface area (Å²) < 4.78 is 13.4. The SMILES string of the molecule is O=C(O)c1n[nH]c2c1C=C[C@](c1ccccc1)(c1ccc(F)cc1)C2. The molecule has 1 heterocycles. The summed E-state index contributed by atoms with van der Waals surface area (Å²) in [6.45, 7) is 0. The average molecular weight is 334 g/mol. The molecule has 25 heavy (non-hydrogen) atoms. The van der Waals surface area contributed by atoms with Crippen molar-refractivity contribution < 1.29 is 14.3 Å². The van der Waals surface area contributed by atoms with E-state index in [2.05, 4.69) is 10.2 Å². The summed E-state index contributed by atoms with van der Waals surface area (Å²) in [6.07, 6.45) is 4.30. The molecular formula is C20H15FN2O2. The summed E-state index contributed by atoms with van der Waals surface area (Å²) in [5, 5.41) is 16.1. The Morgan fingerprint density at radius 3 is 2.44 bits per heavy atom. The number of carboxylic acids is 1. The van der Waals surface area contributed by atoms with Gasteiger partial charge < -0.3 is 5.11 Å². The fraction of sp³-hybridized carbons (Fsp3) is 0.100. The van der Waals surface area contributed by atoms with Gasteiger partial charge in [-0.15, -0.1) is 0 Å². The zero-order valence-electron chi connectivity index (χ0n) is 13.2. The van der Waals surface area contributed by atoms with E-state index >= 15 is 0 Å². The van der Waals surface area contributed by atoms with Crippen LogP contribution < -0.4 is 0 Å². The molecule has 1 aliphatic rings. The van der Waals surface area contributed by atoms with Crippen LogP contribution >= 0.6 is 0 Å². The first kappa shape index (κ1) is 15.3. The number of aromatic nitrogens is 2. The van der Waals surface area contributed by atoms with Crippen molar-refractivity contribution in [3.8, 4) is 0 Å². The molecule has 0 aliphatic heterocycles. The Labute approximate surface area is 143 Å². The molecule has 0 fully saturated rings. The number of hydrogen-bond donors (Lipinski definition) is 2. The lowest BCUT2D eigenvalue weighted by molar-refractivity contribution is 0.0690. The lowest BCUT2D eigenvalue weighted by atomic mass is 9.68. The Morgan fingerprint density at radius 1 is 1.08 bits per heavy atom. The number of nitrogens with zero attached hydrogens (tertiary/aromatic N) is 1. The van der Waals surface area contributed by atoms with Crippen LogP contribution in [0.25, 0.3) is 6.08 Å². The molecule has 0 radical (unpaired) electrons. The van der Waals surface area contributed by atoms with Crippen molar-refractivity contribution in [2.45, 2.75) is 11.8 Å². The molecule has 124 valence electrons. The van der Waals surface area contributed by atoms with Gasteiger partial charge in [-0.3, -0.25) is 5.10 Å². The van der Waals surface area contributed by atoms with Crippen molar-refractivity contribution in [1.29, 1.82) is 0 Å². The van der Waals surface area contributed by atoms with Gasteiger partial charge in [0.05, 0.1) is 0 Å². The van der Waals surface area contributed by atoms with Gasteiger partial charge in [0.2, 0.25) is 0 Å². The number of rotatable bonds is 3. The molecule has 1 aromatic heterocycles. The number of carbonyl (C=O) groups is 1. The predicted molar refractivity (Wildman–Crippen MR) is 91.9 cm³/mol. The number of halogens is 1. The third-order valence-electron chi connectivity index (χ3n) is 4.72. The van der Waals surface area contributed by atoms with Gasteiger partial charge in [0.1, 0.15) is 5.82 Å². The van der Waals surface area contributed by atoms with E-state index in [4.69, 9.17) is 0 Å². The van der Waals surface area contributed by atoms with E-state index in [-0.39, 0.29) is 11.5 Å². The topological polar surface area (TPSA) is 66.0 Å². The van der Waals surface area contributed by atoms with Crippen LogP contribution in [0.4, 0.5) is 4.39 Å². The van der Waals surface area contributed by atoms with Gasteiger partial charge >= 0.3 is 5.97 Å². The second kappa shape index (κ2) is 5.70. The van der Waals surface area contributed by atoms with Crippen LogP contribution in [0.15, 0.2) is 60.7 Å². The molecule has 0 saturated heterocycles. The Morgan fingerprint density at radius 2 is 1.76 bits per heavy atom. The zero-order valence-corrected chi connectivity index (χ0v) is 13.2. The molecule has 0 amide bonds. The Kier molecular flexibility index (Phi) is 3.50. The number of aromatic carboxylic acids is 1. The van der Waals surface area contributed by atoms with Crippen molar-refractivity contribution in [3.05, 3.63) is 94.6 Å². The van der Waals surface area contributed by atoms with E-state index in [9.17, 15) is 14.3 Å². The first-order valence-electron chi connectivity index (χ1n) is 7.91. The summed E-state index contributed by atoms with van der Waals surface area (Å²) in [7, 11) is 0. The Balaban J connectivity index is 1.90. The number of nitrogens with one attached hydrogen (secondary N) is 1. The van der Waals surface area contributed by atoms with Crippen LogP contribution in [-0.4, -0.2) is 21.3 Å². The summed E-state index contributed by atoms with van der Waals surface area (Å²) in [5.74, 6) is -1.35. The smallest absolute Gasteiger partial charge is 0.357 e. The van der Waals surface area contributed by atoms with Gasteiger partial charge in [0, 0.05) is 23.1 Å². The van der Waals surface area contributed by atoms with Crippen molar-refractivity contribution >= 4 is 12.0 Å². The molecule has 1 atom stereocenters. The lowest BCUT2D eigenvalue weighted by Crippen LogP contribution is -2.30. The number of aromatic amines is 1. The van der Waals surface area contributed by atoms with Gasteiger partial charge in [-0.2, -0.15) is 5.10 Å². The molecule has 2 aromatic carbocycles. The second-order valence-corrected chi connectivity index (χ2v) is 6.12. The molecule has 0 saturated carbocycles. The average Bonchev–Trinajstić information content (AvgIpc) is 3.06. The molecule has 1 aliphatic carbocycles. The van der Waals surface area contributed by atoms with Gasteiger partial charge in [-0.05, 0) is 23.3 Å². The highest BCUT2D eigenvalue weighted by Crippen LogP contribution is 2.41. The number of H-pyrrole nitrogens is 1. The highest BCUT2D eigenvalue weighted by atomic mass is 19.1. The molecule has 2 N–H and O–H groups in total. The van der Waals surface area contributed by atoms with Crippen molar-refractivity contribution in [2.24, 2.45) is 0 Å². The quantitative estimate of drug-likeness (QED) is 0.765. The van der Waals surface area contributed by atoms with Crippen LogP contribution in [0.1, 0.15) is 32.9 Å². The van der Waals surface area contributed by atoms with Crippen LogP contribution in [0.5, 0.6) is 0 Å². The van der Waals surface area contributed by atoms with Crippen molar-refractivity contribution in [3.63, 3.8) is 0 Å². The first-order chi connectivity index (χ1) is 12.1. The summed E-state index contributed by atoms with van der Waals surface area (Å²) in [5.41, 5.74) is 2.86. The fourth-order valence-electron chi connectivity index (χ4n) is 3.47. The maximum atomic E-state index is 13.4. The summed E-state index contributed by atoms with van der Waals surface area (Å²) >= 11 is 0. The standard InChI is InChI=1S/C20H15FN2O2/c21-15-8-6-14(7-9-15)20(13-4-2-1-3-5-13)11-10-16-17(12-20)22-23-18(16)19(24)25/h1-11H,12H2,(H,22,23)(H,24,25)/t20-/m0/s1. The minimum absolute atomic E-state index is 0.0204. The Hall–Kier alpha value is -3.21. The van der Waals surface area contributed by atoms with E-state index in [1.165, 1.54) is 12.1 Å². The number of hydrogen-bond acceptors (Lipinski definition) is 2. The van der Waals surface area contributed by atoms with Gasteiger partial charge in [-0.25, -0.2) is 9.18 Å². The van der Waals surface area contributed by atoms with Crippen LogP contribution in [0.2, 0.25) is 0 Å². The monoisotopic (exact) mass is 334 g/mol. The van der Waals surface area contributed by atoms with Crippen LogP contribution in [-0.2, 0) is 11.8 Å². The van der Waals surface area contributed by atoms with Crippen LogP contribution in [0.3, 0.4) is 0 Å². The lowest BCUT2D eigenvalue weighted by Gasteiger charge is -2.34. The molecule has 4 rings (SSSR count). The minimum Gasteiger partial charge on any atom is -0.476 e. The van der Waals surface area contributed by atoms with Gasteiger partial charge in [0.15, 0.2) is 5.69 Å². The maximum absolute atomic E-state index is 13.4. The molecule has 3 aromatic rings. The fourth-order valence-corrected chi connectivity index (χ4v) is 3.47. The molecule has 0 unspecified atom stereocenters. The highest BCUT2D eigenvalue weighted by molar-refractivity contribution is 5.91. The van der Waals surface area contributed by atoms with E-state index in [1.54, 1.807) is 18.2 Å². The van der Waals surface area contributed by atoms with Crippen molar-refractivity contribution in [1.82, 2.24) is 10.2 Å². The number of carboxylic acid groups (broad SMARTS) is 1. The molecule has 0 spiro atoms. The highest BCUT2D eigenvalue weighted by Gasteiger charge is 2.37. The van der Waals surface area contributed by atoms with E-state index in [0.29, 0.717) is 12.0 Å². The molecular weight excluding hydrogens is 319 g/mol. The van der Waals surface area contributed by atoms with Gasteiger partial charge in [-0.1, -0.05) is 54.6 Å². The normalized spacial score (nSPS) is 18.8. The summed E-state index contributed by atoms with van der Waals surface area (Å²) in [6, 6.07) is 16.3. The van der Waals surface area contributed by atoms with E-state index < -0.39 is 11.4 Å². The third kappa shape index (κ3) is 2.45. The Bertz CT molecular complexity index is 961. The van der Waals surface area contributed by atoms with E-state index in [0.717, 1.165) is 16.8 Å². The molecule has 4 nitrogen and oxygen atoms in total. The molecule has 0 bridgehead atoms. The number of allylic oxidation sites excluding steroid dienone is 1. The van der Waals surface area contributed by atoms with E-state index in [1.807, 2.05) is 36.4 Å². The largest absolute Gasteiger partial charge is 0.476 e. The molecule has 5 heteroatoms. The predicted octanol–water partition coefficient (Wildman–Crippen LogP) is 3.80. The maximum Gasteiger partial charge on any atom is 0.357 e.